The van der Waals surface area contributed by atoms with E-state index >= 15 is 0 Å². The van der Waals surface area contributed by atoms with Crippen molar-refractivity contribution in [2.45, 2.75) is 39.2 Å². The van der Waals surface area contributed by atoms with Gasteiger partial charge in [-0.1, -0.05) is 20.3 Å². The molecule has 1 N–H and O–H groups in total. The fourth-order valence-electron chi connectivity index (χ4n) is 2.91. The quantitative estimate of drug-likeness (QED) is 0.876. The molecule has 0 bridgehead atoms. The molecule has 23 heavy (non-hydrogen) atoms. The van der Waals surface area contributed by atoms with Crippen LogP contribution in [0.25, 0.3) is 0 Å². The summed E-state index contributed by atoms with van der Waals surface area (Å²) >= 11 is 0. The molecule has 1 unspecified atom stereocenters. The summed E-state index contributed by atoms with van der Waals surface area (Å²) in [6, 6.07) is 7.32. The fraction of sp³-hybridized carbons (Fsp3) is 0.556. The van der Waals surface area contributed by atoms with Gasteiger partial charge >= 0.3 is 0 Å². The van der Waals surface area contributed by atoms with Gasteiger partial charge in [0.1, 0.15) is 6.04 Å². The first-order valence-electron chi connectivity index (χ1n) is 8.48. The fourth-order valence-corrected chi connectivity index (χ4v) is 2.91. The summed E-state index contributed by atoms with van der Waals surface area (Å²) in [5, 5.41) is 2.82. The molecule has 0 aliphatic carbocycles. The van der Waals surface area contributed by atoms with Crippen molar-refractivity contribution in [1.29, 1.82) is 0 Å². The summed E-state index contributed by atoms with van der Waals surface area (Å²) in [5.74, 6) is -0.113. The molecule has 1 aliphatic rings. The molecule has 1 aromatic rings. The first-order chi connectivity index (χ1) is 11.1. The summed E-state index contributed by atoms with van der Waals surface area (Å²) in [5.41, 5.74) is 1.75. The van der Waals surface area contributed by atoms with Crippen molar-refractivity contribution in [3.05, 3.63) is 29.8 Å². The maximum absolute atomic E-state index is 12.7. The minimum absolute atomic E-state index is 0.0528. The molecule has 0 aromatic heterocycles. The Labute approximate surface area is 138 Å². The summed E-state index contributed by atoms with van der Waals surface area (Å²) in [4.78, 5) is 28.5. The number of carbonyl (C=O) groups excluding carboxylic acids is 2. The van der Waals surface area contributed by atoms with E-state index in [0.29, 0.717) is 25.1 Å². The molecule has 5 nitrogen and oxygen atoms in total. The van der Waals surface area contributed by atoms with Gasteiger partial charge in [0.25, 0.3) is 5.91 Å². The number of hydrogen-bond donors (Lipinski definition) is 1. The van der Waals surface area contributed by atoms with E-state index in [4.69, 9.17) is 0 Å². The Morgan fingerprint density at radius 3 is 2.61 bits per heavy atom. The smallest absolute Gasteiger partial charge is 0.254 e. The average molecular weight is 317 g/mol. The van der Waals surface area contributed by atoms with Crippen LogP contribution < -0.4 is 10.2 Å². The van der Waals surface area contributed by atoms with Crippen LogP contribution in [-0.2, 0) is 4.79 Å². The first kappa shape index (κ1) is 17.3. The van der Waals surface area contributed by atoms with Crippen LogP contribution in [0.1, 0.15) is 43.5 Å². The molecule has 0 radical (unpaired) electrons. The highest BCUT2D eigenvalue weighted by atomic mass is 16.2. The van der Waals surface area contributed by atoms with Crippen LogP contribution in [-0.4, -0.2) is 49.4 Å². The number of nitrogens with one attached hydrogen (secondary N) is 1. The number of benzene rings is 1. The molecule has 1 heterocycles. The number of amides is 2. The predicted molar refractivity (Wildman–Crippen MR) is 92.7 cm³/mol. The van der Waals surface area contributed by atoms with Crippen molar-refractivity contribution in [3.63, 3.8) is 0 Å². The van der Waals surface area contributed by atoms with Gasteiger partial charge in [-0.3, -0.25) is 9.59 Å². The Morgan fingerprint density at radius 1 is 1.30 bits per heavy atom. The van der Waals surface area contributed by atoms with Crippen molar-refractivity contribution in [1.82, 2.24) is 10.2 Å². The third-order valence-electron chi connectivity index (χ3n) is 4.38. The van der Waals surface area contributed by atoms with E-state index in [1.807, 2.05) is 31.2 Å². The zero-order valence-corrected chi connectivity index (χ0v) is 14.3. The van der Waals surface area contributed by atoms with Crippen molar-refractivity contribution in [2.24, 2.45) is 0 Å². The van der Waals surface area contributed by atoms with E-state index in [0.717, 1.165) is 25.1 Å². The van der Waals surface area contributed by atoms with Gasteiger partial charge < -0.3 is 15.1 Å². The number of nitrogens with zero attached hydrogens (tertiary/aromatic N) is 2. The van der Waals surface area contributed by atoms with E-state index in [2.05, 4.69) is 24.2 Å². The van der Waals surface area contributed by atoms with E-state index in [1.54, 1.807) is 4.90 Å². The van der Waals surface area contributed by atoms with Gasteiger partial charge in [-0.15, -0.1) is 0 Å². The molecule has 1 atom stereocenters. The second-order valence-electron chi connectivity index (χ2n) is 6.04. The molecule has 1 aliphatic heterocycles. The van der Waals surface area contributed by atoms with Gasteiger partial charge in [0.2, 0.25) is 5.91 Å². The lowest BCUT2D eigenvalue weighted by molar-refractivity contribution is -0.127. The standard InChI is InChI=1S/C18H27N3O2/c1-4-6-12-20(3)15-9-7-14(8-10-15)18(23)21-13-11-19-17(22)16(21)5-2/h7-10,16H,4-6,11-13H2,1-3H3,(H,19,22). The minimum Gasteiger partial charge on any atom is -0.375 e. The second-order valence-corrected chi connectivity index (χ2v) is 6.04. The molecule has 2 rings (SSSR count). The van der Waals surface area contributed by atoms with Crippen molar-refractivity contribution >= 4 is 17.5 Å². The van der Waals surface area contributed by atoms with E-state index in [1.165, 1.54) is 0 Å². The Hall–Kier alpha value is -2.04. The van der Waals surface area contributed by atoms with Gasteiger partial charge in [0, 0.05) is 37.9 Å². The Bertz CT molecular complexity index is 542. The molecule has 2 amide bonds. The normalized spacial score (nSPS) is 17.8. The molecular formula is C18H27N3O2. The summed E-state index contributed by atoms with van der Waals surface area (Å²) < 4.78 is 0. The SMILES string of the molecule is CCCCN(C)c1ccc(C(=O)N2CCNC(=O)C2CC)cc1. The highest BCUT2D eigenvalue weighted by Gasteiger charge is 2.31. The molecular weight excluding hydrogens is 290 g/mol. The Balaban J connectivity index is 2.09. The predicted octanol–water partition coefficient (Wildman–Crippen LogP) is 2.27. The summed E-state index contributed by atoms with van der Waals surface area (Å²) in [6.07, 6.45) is 2.95. The highest BCUT2D eigenvalue weighted by molar-refractivity contribution is 5.98. The van der Waals surface area contributed by atoms with E-state index in [-0.39, 0.29) is 17.9 Å². The molecule has 1 aromatic carbocycles. The van der Waals surface area contributed by atoms with Gasteiger partial charge in [-0.05, 0) is 37.1 Å². The molecule has 0 spiro atoms. The number of carbonyl (C=O) groups is 2. The van der Waals surface area contributed by atoms with Crippen molar-refractivity contribution in [3.8, 4) is 0 Å². The Kier molecular flexibility index (Phi) is 6.02. The maximum atomic E-state index is 12.7. The lowest BCUT2D eigenvalue weighted by atomic mass is 10.1. The van der Waals surface area contributed by atoms with Crippen LogP contribution in [0.15, 0.2) is 24.3 Å². The van der Waals surface area contributed by atoms with Crippen LogP contribution in [0.2, 0.25) is 0 Å². The van der Waals surface area contributed by atoms with Crippen LogP contribution >= 0.6 is 0 Å². The number of unbranched alkanes of at least 4 members (excludes halogenated alkanes) is 1. The number of anilines is 1. The first-order valence-corrected chi connectivity index (χ1v) is 8.48. The molecule has 1 fully saturated rings. The van der Waals surface area contributed by atoms with Crippen LogP contribution in [0, 0.1) is 0 Å². The van der Waals surface area contributed by atoms with Crippen LogP contribution in [0.3, 0.4) is 0 Å². The van der Waals surface area contributed by atoms with Gasteiger partial charge in [0.15, 0.2) is 0 Å². The van der Waals surface area contributed by atoms with Crippen molar-refractivity contribution in [2.75, 3.05) is 31.6 Å². The second kappa shape index (κ2) is 7.99. The molecule has 126 valence electrons. The molecule has 1 saturated heterocycles. The summed E-state index contributed by atoms with van der Waals surface area (Å²) in [6.45, 7) is 6.21. The molecule has 0 saturated carbocycles. The zero-order valence-electron chi connectivity index (χ0n) is 14.3. The third-order valence-corrected chi connectivity index (χ3v) is 4.38. The monoisotopic (exact) mass is 317 g/mol. The van der Waals surface area contributed by atoms with Gasteiger partial charge in [-0.2, -0.15) is 0 Å². The van der Waals surface area contributed by atoms with Crippen LogP contribution in [0.4, 0.5) is 5.69 Å². The van der Waals surface area contributed by atoms with Gasteiger partial charge in [-0.25, -0.2) is 0 Å². The third kappa shape index (κ3) is 4.03. The maximum Gasteiger partial charge on any atom is 0.254 e. The Morgan fingerprint density at radius 2 is 2.00 bits per heavy atom. The largest absolute Gasteiger partial charge is 0.375 e. The number of rotatable bonds is 6. The van der Waals surface area contributed by atoms with E-state index < -0.39 is 0 Å². The highest BCUT2D eigenvalue weighted by Crippen LogP contribution is 2.18. The molecule has 5 heteroatoms. The zero-order chi connectivity index (χ0) is 16.8. The lowest BCUT2D eigenvalue weighted by Gasteiger charge is -2.34. The van der Waals surface area contributed by atoms with Gasteiger partial charge in [0.05, 0.1) is 0 Å². The van der Waals surface area contributed by atoms with Crippen LogP contribution in [0.5, 0.6) is 0 Å². The topological polar surface area (TPSA) is 52.7 Å². The van der Waals surface area contributed by atoms with E-state index in [9.17, 15) is 9.59 Å². The van der Waals surface area contributed by atoms with Crippen molar-refractivity contribution < 1.29 is 9.59 Å². The number of hydrogen-bond acceptors (Lipinski definition) is 3. The number of piperazine rings is 1. The average Bonchev–Trinajstić information content (AvgIpc) is 2.59. The lowest BCUT2D eigenvalue weighted by Crippen LogP contribution is -2.56. The summed E-state index contributed by atoms with van der Waals surface area (Å²) in [7, 11) is 2.06. The minimum atomic E-state index is -0.358.